The summed E-state index contributed by atoms with van der Waals surface area (Å²) in [5.74, 6) is 0.0247. The molecule has 138 valence electrons. The number of hydrogen-bond donors (Lipinski definition) is 0. The second-order valence-electron chi connectivity index (χ2n) is 6.97. The van der Waals surface area contributed by atoms with Crippen LogP contribution in [0.2, 0.25) is 0 Å². The van der Waals surface area contributed by atoms with E-state index >= 15 is 0 Å². The van der Waals surface area contributed by atoms with Crippen molar-refractivity contribution in [1.82, 2.24) is 14.9 Å². The van der Waals surface area contributed by atoms with Gasteiger partial charge >= 0.3 is 0 Å². The second-order valence-corrected chi connectivity index (χ2v) is 8.03. The molecular weight excluding hydrogens is 366 g/mol. The minimum atomic E-state index is 0.0247. The summed E-state index contributed by atoms with van der Waals surface area (Å²) in [4.78, 5) is 24.2. The lowest BCUT2D eigenvalue weighted by molar-refractivity contribution is -0.126. The molecule has 1 unspecified atom stereocenters. The monoisotopic (exact) mass is 385 g/mol. The maximum absolute atomic E-state index is 12.9. The van der Waals surface area contributed by atoms with Crippen LogP contribution in [0.15, 0.2) is 66.7 Å². The van der Waals surface area contributed by atoms with E-state index in [-0.39, 0.29) is 11.9 Å². The van der Waals surface area contributed by atoms with Crippen LogP contribution in [-0.4, -0.2) is 27.3 Å². The quantitative estimate of drug-likeness (QED) is 0.454. The van der Waals surface area contributed by atoms with Crippen LogP contribution in [0, 0.1) is 0 Å². The number of para-hydroxylation sites is 2. The number of hydrogen-bond acceptors (Lipinski definition) is 4. The predicted molar refractivity (Wildman–Crippen MR) is 114 cm³/mol. The largest absolute Gasteiger partial charge is 0.330 e. The predicted octanol–water partition coefficient (Wildman–Crippen LogP) is 5.22. The molecule has 4 aromatic rings. The van der Waals surface area contributed by atoms with Crippen molar-refractivity contribution in [1.29, 1.82) is 0 Å². The van der Waals surface area contributed by atoms with Crippen LogP contribution in [0.3, 0.4) is 0 Å². The Bertz CT molecular complexity index is 1160. The van der Waals surface area contributed by atoms with Gasteiger partial charge in [-0.3, -0.25) is 4.79 Å². The molecule has 28 heavy (non-hydrogen) atoms. The third-order valence-electron chi connectivity index (χ3n) is 5.15. The average Bonchev–Trinajstić information content (AvgIpc) is 3.38. The number of fused-ring (bicyclic) bond motifs is 2. The summed E-state index contributed by atoms with van der Waals surface area (Å²) < 4.78 is 1.17. The van der Waals surface area contributed by atoms with E-state index in [4.69, 9.17) is 4.98 Å². The lowest BCUT2D eigenvalue weighted by atomic mass is 10.2. The van der Waals surface area contributed by atoms with Gasteiger partial charge in [-0.1, -0.05) is 36.4 Å². The van der Waals surface area contributed by atoms with Gasteiger partial charge in [-0.05, 0) is 43.2 Å². The number of likely N-dealkylation sites (tertiary alicyclic amines) is 1. The van der Waals surface area contributed by atoms with Crippen LogP contribution in [0.5, 0.6) is 0 Å². The first kappa shape index (κ1) is 17.1. The van der Waals surface area contributed by atoms with E-state index < -0.39 is 0 Å². The van der Waals surface area contributed by atoms with Gasteiger partial charge in [0.2, 0.25) is 5.91 Å². The Morgan fingerprint density at radius 3 is 2.71 bits per heavy atom. The zero-order chi connectivity index (χ0) is 18.9. The Morgan fingerprint density at radius 1 is 1.00 bits per heavy atom. The number of amides is 1. The number of nitrogens with zero attached hydrogens (tertiary/aromatic N) is 3. The van der Waals surface area contributed by atoms with Gasteiger partial charge in [-0.2, -0.15) is 0 Å². The molecule has 1 aliphatic heterocycles. The molecule has 5 rings (SSSR count). The molecule has 0 bridgehead atoms. The zero-order valence-corrected chi connectivity index (χ0v) is 16.1. The molecule has 1 amide bonds. The first-order chi connectivity index (χ1) is 13.8. The van der Waals surface area contributed by atoms with E-state index in [0.717, 1.165) is 46.5 Å². The van der Waals surface area contributed by atoms with Crippen molar-refractivity contribution in [3.05, 3.63) is 77.4 Å². The van der Waals surface area contributed by atoms with Crippen molar-refractivity contribution in [2.75, 3.05) is 6.54 Å². The van der Waals surface area contributed by atoms with Crippen LogP contribution in [0.25, 0.3) is 27.2 Å². The third-order valence-corrected chi connectivity index (χ3v) is 6.29. The molecule has 1 saturated heterocycles. The van der Waals surface area contributed by atoms with E-state index in [2.05, 4.69) is 11.1 Å². The van der Waals surface area contributed by atoms with E-state index in [1.165, 1.54) is 4.70 Å². The fourth-order valence-electron chi connectivity index (χ4n) is 3.75. The maximum atomic E-state index is 12.9. The molecule has 0 spiro atoms. The van der Waals surface area contributed by atoms with Crippen LogP contribution < -0.4 is 0 Å². The molecule has 1 atom stereocenters. The molecular formula is C23H19N3OS. The molecule has 1 fully saturated rings. The molecule has 0 radical (unpaired) electrons. The minimum absolute atomic E-state index is 0.0247. The highest BCUT2D eigenvalue weighted by Crippen LogP contribution is 2.36. The Morgan fingerprint density at radius 2 is 1.82 bits per heavy atom. The average molecular weight is 385 g/mol. The van der Waals surface area contributed by atoms with Gasteiger partial charge in [0.25, 0.3) is 0 Å². The molecule has 0 N–H and O–H groups in total. The Balaban J connectivity index is 1.37. The Kier molecular flexibility index (Phi) is 4.37. The summed E-state index contributed by atoms with van der Waals surface area (Å²) in [7, 11) is 0. The van der Waals surface area contributed by atoms with Crippen molar-refractivity contribution in [3.63, 3.8) is 0 Å². The van der Waals surface area contributed by atoms with Gasteiger partial charge in [0.15, 0.2) is 0 Å². The summed E-state index contributed by atoms with van der Waals surface area (Å²) in [6.07, 6.45) is 5.42. The molecule has 4 nitrogen and oxygen atoms in total. The van der Waals surface area contributed by atoms with Crippen LogP contribution in [0.4, 0.5) is 0 Å². The van der Waals surface area contributed by atoms with Crippen LogP contribution >= 0.6 is 11.3 Å². The van der Waals surface area contributed by atoms with E-state index in [1.54, 1.807) is 17.4 Å². The number of rotatable bonds is 3. The molecule has 0 aliphatic carbocycles. The summed E-state index contributed by atoms with van der Waals surface area (Å²) >= 11 is 1.69. The SMILES string of the molecule is O=C(/C=C/c1ccc2ccccc2n1)N1CCCC1c1nc2ccccc2s1. The van der Waals surface area contributed by atoms with Gasteiger partial charge < -0.3 is 4.90 Å². The van der Waals surface area contributed by atoms with Gasteiger partial charge in [0, 0.05) is 18.0 Å². The number of benzene rings is 2. The summed E-state index contributed by atoms with van der Waals surface area (Å²) in [5, 5.41) is 2.13. The topological polar surface area (TPSA) is 46.1 Å². The van der Waals surface area contributed by atoms with Gasteiger partial charge in [-0.25, -0.2) is 9.97 Å². The first-order valence-corrected chi connectivity index (χ1v) is 10.3. The maximum Gasteiger partial charge on any atom is 0.247 e. The third kappa shape index (κ3) is 3.18. The summed E-state index contributed by atoms with van der Waals surface area (Å²) in [5.41, 5.74) is 2.74. The molecule has 3 heterocycles. The van der Waals surface area contributed by atoms with Gasteiger partial charge in [0.05, 0.1) is 27.5 Å². The number of carbonyl (C=O) groups excluding carboxylic acids is 1. The Hall–Kier alpha value is -3.05. The highest BCUT2D eigenvalue weighted by Gasteiger charge is 2.31. The zero-order valence-electron chi connectivity index (χ0n) is 15.3. The number of pyridine rings is 1. The van der Waals surface area contributed by atoms with Crippen molar-refractivity contribution in [3.8, 4) is 0 Å². The lowest BCUT2D eigenvalue weighted by Gasteiger charge is -2.21. The fourth-order valence-corrected chi connectivity index (χ4v) is 4.86. The normalized spacial score (nSPS) is 17.1. The smallest absolute Gasteiger partial charge is 0.247 e. The highest BCUT2D eigenvalue weighted by molar-refractivity contribution is 7.18. The van der Waals surface area contributed by atoms with Crippen LogP contribution in [0.1, 0.15) is 29.6 Å². The van der Waals surface area contributed by atoms with Crippen LogP contribution in [-0.2, 0) is 4.79 Å². The molecule has 1 aliphatic rings. The standard InChI is InChI=1S/C23H19N3OS/c27-22(14-13-17-12-11-16-6-1-2-7-18(16)24-17)26-15-5-9-20(26)23-25-19-8-3-4-10-21(19)28-23/h1-4,6-8,10-14,20H,5,9,15H2/b14-13+. The summed E-state index contributed by atoms with van der Waals surface area (Å²) in [6, 6.07) is 20.2. The number of thiazole rings is 1. The first-order valence-electron chi connectivity index (χ1n) is 9.48. The van der Waals surface area contributed by atoms with Crippen molar-refractivity contribution < 1.29 is 4.79 Å². The second kappa shape index (κ2) is 7.17. The summed E-state index contributed by atoms with van der Waals surface area (Å²) in [6.45, 7) is 0.773. The van der Waals surface area contributed by atoms with Crippen molar-refractivity contribution in [2.45, 2.75) is 18.9 Å². The van der Waals surface area contributed by atoms with E-state index in [9.17, 15) is 4.79 Å². The molecule has 2 aromatic heterocycles. The number of aromatic nitrogens is 2. The van der Waals surface area contributed by atoms with Crippen molar-refractivity contribution >= 4 is 44.4 Å². The molecule has 5 heteroatoms. The van der Waals surface area contributed by atoms with E-state index in [1.807, 2.05) is 65.6 Å². The lowest BCUT2D eigenvalue weighted by Crippen LogP contribution is -2.28. The molecule has 2 aromatic carbocycles. The van der Waals surface area contributed by atoms with Gasteiger partial charge in [0.1, 0.15) is 5.01 Å². The fraction of sp³-hybridized carbons (Fsp3) is 0.174. The van der Waals surface area contributed by atoms with Gasteiger partial charge in [-0.15, -0.1) is 11.3 Å². The minimum Gasteiger partial charge on any atom is -0.330 e. The number of carbonyl (C=O) groups is 1. The van der Waals surface area contributed by atoms with E-state index in [0.29, 0.717) is 0 Å². The Labute approximate surface area is 167 Å². The highest BCUT2D eigenvalue weighted by atomic mass is 32.1. The molecule has 0 saturated carbocycles. The van der Waals surface area contributed by atoms with Crippen molar-refractivity contribution in [2.24, 2.45) is 0 Å².